The van der Waals surface area contributed by atoms with Crippen LogP contribution in [0.4, 0.5) is 0 Å². The van der Waals surface area contributed by atoms with Crippen LogP contribution in [-0.2, 0) is 0 Å². The summed E-state index contributed by atoms with van der Waals surface area (Å²) >= 11 is 0. The van der Waals surface area contributed by atoms with Gasteiger partial charge < -0.3 is 10.4 Å². The molecule has 112 valence electrons. The van der Waals surface area contributed by atoms with E-state index in [1.807, 2.05) is 0 Å². The van der Waals surface area contributed by atoms with E-state index in [4.69, 9.17) is 0 Å². The summed E-state index contributed by atoms with van der Waals surface area (Å²) in [6.45, 7) is 6.95. The Labute approximate surface area is 118 Å². The minimum Gasteiger partial charge on any atom is -0.395 e. The number of aliphatic hydroxyl groups is 1. The molecule has 2 N–H and O–H groups in total. The number of hydrogen-bond acceptors (Lipinski definition) is 3. The molecule has 0 atom stereocenters. The van der Waals surface area contributed by atoms with Crippen LogP contribution in [0.3, 0.4) is 0 Å². The van der Waals surface area contributed by atoms with Crippen LogP contribution in [0.15, 0.2) is 0 Å². The third-order valence-corrected chi connectivity index (χ3v) is 5.11. The van der Waals surface area contributed by atoms with Gasteiger partial charge in [0.25, 0.3) is 0 Å². The Bertz CT molecular complexity index is 247. The minimum absolute atomic E-state index is 0.314. The topological polar surface area (TPSA) is 35.5 Å². The molecule has 0 aromatic carbocycles. The Balaban J connectivity index is 1.89. The van der Waals surface area contributed by atoms with Crippen molar-refractivity contribution in [3.05, 3.63) is 0 Å². The highest BCUT2D eigenvalue weighted by molar-refractivity contribution is 4.92. The van der Waals surface area contributed by atoms with Crippen LogP contribution in [0.25, 0.3) is 0 Å². The van der Waals surface area contributed by atoms with Gasteiger partial charge in [-0.1, -0.05) is 26.2 Å². The molecule has 0 aliphatic heterocycles. The quantitative estimate of drug-likeness (QED) is 0.630. The Morgan fingerprint density at radius 3 is 2.47 bits per heavy atom. The van der Waals surface area contributed by atoms with E-state index in [-0.39, 0.29) is 0 Å². The molecule has 0 radical (unpaired) electrons. The predicted molar refractivity (Wildman–Crippen MR) is 80.4 cm³/mol. The second kappa shape index (κ2) is 7.61. The lowest BCUT2D eigenvalue weighted by atomic mass is 9.83. The number of nitrogens with one attached hydrogen (secondary N) is 1. The maximum atomic E-state index is 9.32. The summed E-state index contributed by atoms with van der Waals surface area (Å²) in [4.78, 5) is 2.59. The standard InChI is InChI=1S/C16H32N2O/c1-2-10-17-13-16(8-3-4-9-16)14-18(11-12-19)15-6-5-7-15/h15,17,19H,2-14H2,1H3. The van der Waals surface area contributed by atoms with Crippen LogP contribution in [0.5, 0.6) is 0 Å². The first-order valence-electron chi connectivity index (χ1n) is 8.35. The van der Waals surface area contributed by atoms with Crippen molar-refractivity contribution in [2.75, 3.05) is 32.8 Å². The van der Waals surface area contributed by atoms with Crippen molar-refractivity contribution in [2.45, 2.75) is 64.3 Å². The van der Waals surface area contributed by atoms with Gasteiger partial charge in [-0.05, 0) is 44.1 Å². The van der Waals surface area contributed by atoms with Gasteiger partial charge >= 0.3 is 0 Å². The molecule has 0 unspecified atom stereocenters. The van der Waals surface area contributed by atoms with Crippen molar-refractivity contribution < 1.29 is 5.11 Å². The van der Waals surface area contributed by atoms with Gasteiger partial charge in [0.15, 0.2) is 0 Å². The molecule has 2 rings (SSSR count). The molecule has 2 fully saturated rings. The highest BCUT2D eigenvalue weighted by Gasteiger charge is 2.37. The highest BCUT2D eigenvalue weighted by atomic mass is 16.3. The van der Waals surface area contributed by atoms with Crippen molar-refractivity contribution in [1.29, 1.82) is 0 Å². The molecule has 3 nitrogen and oxygen atoms in total. The van der Waals surface area contributed by atoms with E-state index in [0.29, 0.717) is 12.0 Å². The third-order valence-electron chi connectivity index (χ3n) is 5.11. The molecule has 0 saturated heterocycles. The van der Waals surface area contributed by atoms with Crippen LogP contribution in [-0.4, -0.2) is 48.8 Å². The van der Waals surface area contributed by atoms with E-state index < -0.39 is 0 Å². The summed E-state index contributed by atoms with van der Waals surface area (Å²) in [5, 5.41) is 13.0. The molecule has 2 saturated carbocycles. The van der Waals surface area contributed by atoms with Gasteiger partial charge in [-0.3, -0.25) is 4.90 Å². The molecular weight excluding hydrogens is 236 g/mol. The molecule has 0 aromatic heterocycles. The lowest BCUT2D eigenvalue weighted by molar-refractivity contribution is 0.0539. The van der Waals surface area contributed by atoms with Crippen molar-refractivity contribution in [3.8, 4) is 0 Å². The molecule has 0 bridgehead atoms. The van der Waals surface area contributed by atoms with E-state index in [0.717, 1.165) is 19.1 Å². The second-order valence-corrected chi connectivity index (χ2v) is 6.66. The fraction of sp³-hybridized carbons (Fsp3) is 1.00. The van der Waals surface area contributed by atoms with Gasteiger partial charge in [-0.25, -0.2) is 0 Å². The highest BCUT2D eigenvalue weighted by Crippen LogP contribution is 2.40. The SMILES string of the molecule is CCCNCC1(CN(CCO)C2CCC2)CCCC1. The van der Waals surface area contributed by atoms with Crippen LogP contribution in [0.2, 0.25) is 0 Å². The number of aliphatic hydroxyl groups excluding tert-OH is 1. The van der Waals surface area contributed by atoms with Crippen LogP contribution in [0.1, 0.15) is 58.3 Å². The first-order valence-corrected chi connectivity index (χ1v) is 8.35. The zero-order valence-electron chi connectivity index (χ0n) is 12.7. The van der Waals surface area contributed by atoms with Gasteiger partial charge in [-0.2, -0.15) is 0 Å². The number of rotatable bonds is 9. The van der Waals surface area contributed by atoms with Crippen LogP contribution < -0.4 is 5.32 Å². The Morgan fingerprint density at radius 2 is 1.95 bits per heavy atom. The van der Waals surface area contributed by atoms with E-state index >= 15 is 0 Å². The average molecular weight is 268 g/mol. The molecule has 0 spiro atoms. The van der Waals surface area contributed by atoms with Gasteiger partial charge in [-0.15, -0.1) is 0 Å². The van der Waals surface area contributed by atoms with E-state index in [2.05, 4.69) is 17.1 Å². The second-order valence-electron chi connectivity index (χ2n) is 6.66. The van der Waals surface area contributed by atoms with Crippen LogP contribution in [0, 0.1) is 5.41 Å². The zero-order chi connectivity index (χ0) is 13.6. The van der Waals surface area contributed by atoms with Gasteiger partial charge in [0.2, 0.25) is 0 Å². The normalized spacial score (nSPS) is 22.9. The van der Waals surface area contributed by atoms with Crippen molar-refractivity contribution in [1.82, 2.24) is 10.2 Å². The molecule has 0 aromatic rings. The van der Waals surface area contributed by atoms with E-state index in [1.165, 1.54) is 64.5 Å². The lowest BCUT2D eigenvalue weighted by Crippen LogP contribution is -2.49. The number of hydrogen-bond donors (Lipinski definition) is 2. The predicted octanol–water partition coefficient (Wildman–Crippen LogP) is 2.39. The fourth-order valence-corrected chi connectivity index (χ4v) is 3.75. The molecule has 2 aliphatic carbocycles. The summed E-state index contributed by atoms with van der Waals surface area (Å²) in [5.74, 6) is 0. The zero-order valence-corrected chi connectivity index (χ0v) is 12.7. The minimum atomic E-state index is 0.314. The summed E-state index contributed by atoms with van der Waals surface area (Å²) in [7, 11) is 0. The smallest absolute Gasteiger partial charge is 0.0558 e. The fourth-order valence-electron chi connectivity index (χ4n) is 3.75. The summed E-state index contributed by atoms with van der Waals surface area (Å²) in [5.41, 5.74) is 0.486. The maximum absolute atomic E-state index is 9.32. The Hall–Kier alpha value is -0.120. The van der Waals surface area contributed by atoms with Crippen molar-refractivity contribution in [3.63, 3.8) is 0 Å². The lowest BCUT2D eigenvalue weighted by Gasteiger charge is -2.43. The molecular formula is C16H32N2O. The summed E-state index contributed by atoms with van der Waals surface area (Å²) < 4.78 is 0. The monoisotopic (exact) mass is 268 g/mol. The van der Waals surface area contributed by atoms with Crippen LogP contribution >= 0.6 is 0 Å². The first kappa shape index (κ1) is 15.3. The van der Waals surface area contributed by atoms with Gasteiger partial charge in [0.1, 0.15) is 0 Å². The summed E-state index contributed by atoms with van der Waals surface area (Å²) in [6, 6.07) is 0.760. The summed E-state index contributed by atoms with van der Waals surface area (Å²) in [6.07, 6.45) is 10.8. The molecule has 2 aliphatic rings. The average Bonchev–Trinajstić information content (AvgIpc) is 2.76. The van der Waals surface area contributed by atoms with Crippen molar-refractivity contribution in [2.24, 2.45) is 5.41 Å². The van der Waals surface area contributed by atoms with E-state index in [9.17, 15) is 5.11 Å². The van der Waals surface area contributed by atoms with Crippen molar-refractivity contribution >= 4 is 0 Å². The largest absolute Gasteiger partial charge is 0.395 e. The number of nitrogens with zero attached hydrogens (tertiary/aromatic N) is 1. The molecule has 0 amide bonds. The van der Waals surface area contributed by atoms with E-state index in [1.54, 1.807) is 0 Å². The van der Waals surface area contributed by atoms with Gasteiger partial charge in [0, 0.05) is 25.7 Å². The maximum Gasteiger partial charge on any atom is 0.0558 e. The van der Waals surface area contributed by atoms with Gasteiger partial charge in [0.05, 0.1) is 6.61 Å². The first-order chi connectivity index (χ1) is 9.29. The molecule has 3 heteroatoms. The molecule has 19 heavy (non-hydrogen) atoms. The Kier molecular flexibility index (Phi) is 6.11. The third kappa shape index (κ3) is 4.17. The molecule has 0 heterocycles. The Morgan fingerprint density at radius 1 is 1.21 bits per heavy atom.